The molecule has 0 aliphatic rings. The van der Waals surface area contributed by atoms with Crippen LogP contribution in [0.25, 0.3) is 0 Å². The van der Waals surface area contributed by atoms with E-state index in [-0.39, 0.29) is 0 Å². The van der Waals surface area contributed by atoms with E-state index in [0.717, 1.165) is 0 Å². The average Bonchev–Trinajstić information content (AvgIpc) is 2.03. The topological polar surface area (TPSA) is 100 Å². The number of hydrogen-bond donors (Lipinski definition) is 4. The van der Waals surface area contributed by atoms with Crippen LogP contribution in [0.1, 0.15) is 0 Å². The summed E-state index contributed by atoms with van der Waals surface area (Å²) in [7, 11) is 2.41. The fourth-order valence-corrected chi connectivity index (χ4v) is 0.384. The van der Waals surface area contributed by atoms with E-state index in [2.05, 4.69) is 9.47 Å². The number of aliphatic hydroxyl groups excluding tert-OH is 2. The predicted molar refractivity (Wildman–Crippen MR) is 37.7 cm³/mol. The van der Waals surface area contributed by atoms with Crippen LogP contribution in [-0.4, -0.2) is 43.3 Å². The predicted octanol–water partition coefficient (Wildman–Crippen LogP) is -1.87. The van der Waals surface area contributed by atoms with Gasteiger partial charge in [0, 0.05) is 14.2 Å². The number of methoxy groups -OCH3 is 2. The van der Waals surface area contributed by atoms with E-state index in [9.17, 15) is 4.79 Å². The third-order valence-corrected chi connectivity index (χ3v) is 0.956. The summed E-state index contributed by atoms with van der Waals surface area (Å²) in [4.78, 5) is 10.7. The lowest BCUT2D eigenvalue weighted by molar-refractivity contribution is -0.101. The van der Waals surface area contributed by atoms with Crippen LogP contribution in [0.15, 0.2) is 0 Å². The van der Waals surface area contributed by atoms with Crippen molar-refractivity contribution in [2.24, 2.45) is 0 Å². The van der Waals surface area contributed by atoms with E-state index in [1.165, 1.54) is 14.2 Å². The quantitative estimate of drug-likeness (QED) is 0.380. The molecule has 0 aromatic carbocycles. The van der Waals surface area contributed by atoms with Crippen molar-refractivity contribution in [2.75, 3.05) is 14.2 Å². The number of hydrogen-bond acceptors (Lipinski definition) is 5. The summed E-state index contributed by atoms with van der Waals surface area (Å²) in [5.41, 5.74) is 0. The van der Waals surface area contributed by atoms with E-state index in [1.54, 1.807) is 0 Å². The number of amides is 2. The van der Waals surface area contributed by atoms with Gasteiger partial charge in [-0.3, -0.25) is 10.6 Å². The minimum absolute atomic E-state index is 0.807. The maximum atomic E-state index is 10.7. The van der Waals surface area contributed by atoms with Crippen LogP contribution in [0, 0.1) is 0 Å². The summed E-state index contributed by atoms with van der Waals surface area (Å²) < 4.78 is 8.59. The van der Waals surface area contributed by atoms with E-state index < -0.39 is 18.9 Å². The minimum Gasteiger partial charge on any atom is -0.351 e. The Balaban J connectivity index is 3.59. The highest BCUT2D eigenvalue weighted by atomic mass is 16.6. The van der Waals surface area contributed by atoms with Crippen molar-refractivity contribution in [1.82, 2.24) is 10.6 Å². The van der Waals surface area contributed by atoms with E-state index >= 15 is 0 Å². The Morgan fingerprint density at radius 1 is 1.17 bits per heavy atom. The van der Waals surface area contributed by atoms with Gasteiger partial charge < -0.3 is 19.7 Å². The molecule has 2 amide bonds. The zero-order valence-electron chi connectivity index (χ0n) is 6.77. The number of carbonyl (C=O) groups excluding carboxylic acids is 1. The summed E-state index contributed by atoms with van der Waals surface area (Å²) >= 11 is 0. The van der Waals surface area contributed by atoms with E-state index in [0.29, 0.717) is 0 Å². The number of aliphatic hydroxyl groups is 2. The fraction of sp³-hybridized carbons (Fsp3) is 0.800. The first-order chi connectivity index (χ1) is 5.60. The molecule has 12 heavy (non-hydrogen) atoms. The number of ether oxygens (including phenoxy) is 2. The van der Waals surface area contributed by atoms with Gasteiger partial charge in [-0.15, -0.1) is 0 Å². The monoisotopic (exact) mass is 180 g/mol. The Kier molecular flexibility index (Phi) is 5.30. The van der Waals surface area contributed by atoms with Crippen LogP contribution in [0.4, 0.5) is 4.79 Å². The smallest absolute Gasteiger partial charge is 0.322 e. The van der Waals surface area contributed by atoms with Crippen molar-refractivity contribution in [2.45, 2.75) is 12.8 Å². The van der Waals surface area contributed by atoms with E-state index in [1.807, 2.05) is 10.6 Å². The molecule has 0 spiro atoms. The SMILES string of the molecule is COC(O)NC(=O)NC(O)OC. The molecule has 4 N–H and O–H groups in total. The lowest BCUT2D eigenvalue weighted by Gasteiger charge is -2.14. The molecule has 0 saturated heterocycles. The molecule has 0 aliphatic carbocycles. The van der Waals surface area contributed by atoms with Crippen LogP contribution < -0.4 is 10.6 Å². The molecule has 0 fully saturated rings. The highest BCUT2D eigenvalue weighted by Crippen LogP contribution is 1.79. The van der Waals surface area contributed by atoms with Gasteiger partial charge in [-0.05, 0) is 0 Å². The number of nitrogens with one attached hydrogen (secondary N) is 2. The van der Waals surface area contributed by atoms with Crippen molar-refractivity contribution in [3.05, 3.63) is 0 Å². The lowest BCUT2D eigenvalue weighted by atomic mass is 10.8. The largest absolute Gasteiger partial charge is 0.351 e. The summed E-state index contributed by atoms with van der Waals surface area (Å²) in [5, 5.41) is 21.3. The molecular weight excluding hydrogens is 168 g/mol. The highest BCUT2D eigenvalue weighted by molar-refractivity contribution is 5.73. The standard InChI is InChI=1S/C5H12N2O5/c1-11-4(9)6-3(8)7-5(10)12-2/h4-5,9-10H,1-2H3,(H2,6,7,8). The Morgan fingerprint density at radius 3 is 1.75 bits per heavy atom. The first-order valence-electron chi connectivity index (χ1n) is 3.09. The van der Waals surface area contributed by atoms with Crippen molar-refractivity contribution in [1.29, 1.82) is 0 Å². The molecule has 0 aliphatic heterocycles. The van der Waals surface area contributed by atoms with Gasteiger partial charge in [0.25, 0.3) is 0 Å². The Labute approximate surface area is 69.3 Å². The molecule has 7 nitrogen and oxygen atoms in total. The molecule has 2 unspecified atom stereocenters. The van der Waals surface area contributed by atoms with Gasteiger partial charge in [0.1, 0.15) is 0 Å². The van der Waals surface area contributed by atoms with Gasteiger partial charge >= 0.3 is 6.03 Å². The zero-order chi connectivity index (χ0) is 9.56. The molecule has 72 valence electrons. The first-order valence-corrected chi connectivity index (χ1v) is 3.09. The van der Waals surface area contributed by atoms with Crippen molar-refractivity contribution < 1.29 is 24.5 Å². The molecule has 0 bridgehead atoms. The second kappa shape index (κ2) is 5.72. The number of rotatable bonds is 4. The zero-order valence-corrected chi connectivity index (χ0v) is 6.77. The Morgan fingerprint density at radius 2 is 1.50 bits per heavy atom. The third kappa shape index (κ3) is 4.85. The van der Waals surface area contributed by atoms with Gasteiger partial charge in [-0.1, -0.05) is 0 Å². The van der Waals surface area contributed by atoms with E-state index in [4.69, 9.17) is 10.2 Å². The van der Waals surface area contributed by atoms with Gasteiger partial charge in [-0.25, -0.2) is 4.79 Å². The van der Waals surface area contributed by atoms with Crippen LogP contribution in [0.3, 0.4) is 0 Å². The summed E-state index contributed by atoms with van der Waals surface area (Å²) in [6, 6.07) is -0.807. The summed E-state index contributed by atoms with van der Waals surface area (Å²) in [6.45, 7) is 0. The van der Waals surface area contributed by atoms with Crippen LogP contribution in [-0.2, 0) is 9.47 Å². The maximum absolute atomic E-state index is 10.7. The Bertz CT molecular complexity index is 128. The Hall–Kier alpha value is -0.890. The first kappa shape index (κ1) is 11.1. The lowest BCUT2D eigenvalue weighted by Crippen LogP contribution is -2.47. The van der Waals surface area contributed by atoms with Crippen LogP contribution in [0.2, 0.25) is 0 Å². The van der Waals surface area contributed by atoms with Gasteiger partial charge in [0.15, 0.2) is 0 Å². The summed E-state index contributed by atoms with van der Waals surface area (Å²) in [6.07, 6.45) is -2.82. The average molecular weight is 180 g/mol. The molecule has 7 heteroatoms. The molecule has 0 heterocycles. The second-order valence-electron chi connectivity index (χ2n) is 1.79. The number of carbonyl (C=O) groups is 1. The van der Waals surface area contributed by atoms with Crippen LogP contribution in [0.5, 0.6) is 0 Å². The minimum atomic E-state index is -1.41. The van der Waals surface area contributed by atoms with Gasteiger partial charge in [0.2, 0.25) is 12.8 Å². The maximum Gasteiger partial charge on any atom is 0.322 e. The van der Waals surface area contributed by atoms with Crippen LogP contribution >= 0.6 is 0 Å². The van der Waals surface area contributed by atoms with Gasteiger partial charge in [0.05, 0.1) is 0 Å². The fourth-order valence-electron chi connectivity index (χ4n) is 0.384. The third-order valence-electron chi connectivity index (χ3n) is 0.956. The van der Waals surface area contributed by atoms with Crippen molar-refractivity contribution in [3.8, 4) is 0 Å². The molecule has 0 radical (unpaired) electrons. The molecular formula is C5H12N2O5. The van der Waals surface area contributed by atoms with Crippen molar-refractivity contribution in [3.63, 3.8) is 0 Å². The molecule has 0 rings (SSSR count). The second-order valence-corrected chi connectivity index (χ2v) is 1.79. The molecule has 0 aromatic rings. The molecule has 2 atom stereocenters. The normalized spacial score (nSPS) is 15.0. The molecule has 0 saturated carbocycles. The van der Waals surface area contributed by atoms with Gasteiger partial charge in [-0.2, -0.15) is 0 Å². The summed E-state index contributed by atoms with van der Waals surface area (Å²) in [5.74, 6) is 0. The highest BCUT2D eigenvalue weighted by Gasteiger charge is 2.09. The number of urea groups is 1. The molecule has 0 aromatic heterocycles. The van der Waals surface area contributed by atoms with Crippen molar-refractivity contribution >= 4 is 6.03 Å².